The van der Waals surface area contributed by atoms with Gasteiger partial charge in [-0.15, -0.1) is 10.2 Å². The first-order chi connectivity index (χ1) is 15.6. The van der Waals surface area contributed by atoms with Gasteiger partial charge in [0.2, 0.25) is 32.2 Å². The van der Waals surface area contributed by atoms with Gasteiger partial charge in [-0.1, -0.05) is 23.1 Å². The first-order valence-corrected chi connectivity index (χ1v) is 12.4. The van der Waals surface area contributed by atoms with E-state index >= 15 is 0 Å². The van der Waals surface area contributed by atoms with Crippen molar-refractivity contribution in [3.63, 3.8) is 0 Å². The molecular formula is C19H18N4O7S3. The minimum Gasteiger partial charge on any atom is -0.464 e. The van der Waals surface area contributed by atoms with Gasteiger partial charge in [0.25, 0.3) is 0 Å². The molecule has 1 aromatic carbocycles. The van der Waals surface area contributed by atoms with Crippen LogP contribution in [0.15, 0.2) is 55.0 Å². The summed E-state index contributed by atoms with van der Waals surface area (Å²) >= 11 is 2.43. The molecule has 0 saturated heterocycles. The molecule has 0 saturated carbocycles. The van der Waals surface area contributed by atoms with Crippen LogP contribution in [0, 0.1) is 0 Å². The number of carbonyl (C=O) groups is 2. The Morgan fingerprint density at radius 2 is 1.91 bits per heavy atom. The number of hydrogen-bond acceptors (Lipinski definition) is 11. The smallest absolute Gasteiger partial charge is 0.343 e. The molecule has 0 fully saturated rings. The number of nitrogens with zero attached hydrogens (tertiary/aromatic N) is 3. The van der Waals surface area contributed by atoms with E-state index in [0.717, 1.165) is 10.6 Å². The van der Waals surface area contributed by atoms with Gasteiger partial charge in [0.1, 0.15) is 12.0 Å². The van der Waals surface area contributed by atoms with Crippen molar-refractivity contribution in [2.45, 2.75) is 21.9 Å². The van der Waals surface area contributed by atoms with E-state index in [-0.39, 0.29) is 27.9 Å². The molecule has 2 aromatic heterocycles. The maximum Gasteiger partial charge on any atom is 0.343 e. The lowest BCUT2D eigenvalue weighted by atomic mass is 10.2. The first kappa shape index (κ1) is 24.6. The number of thioether (sulfide) groups is 1. The molecule has 2 heterocycles. The highest BCUT2D eigenvalue weighted by atomic mass is 32.2. The van der Waals surface area contributed by atoms with E-state index in [9.17, 15) is 22.8 Å². The lowest BCUT2D eigenvalue weighted by Crippen LogP contribution is -2.22. The average molecular weight is 511 g/mol. The molecule has 0 aliphatic carbocycles. The summed E-state index contributed by atoms with van der Waals surface area (Å²) in [5.41, 5.74) is -0.494. The molecule has 1 N–H and O–H groups in total. The van der Waals surface area contributed by atoms with Gasteiger partial charge in [0.05, 0.1) is 16.2 Å². The van der Waals surface area contributed by atoms with E-state index < -0.39 is 21.4 Å². The number of ether oxygens (including phenoxy) is 1. The number of hydrogen-bond donors (Lipinski definition) is 1. The lowest BCUT2D eigenvalue weighted by Gasteiger charge is -2.11. The molecule has 0 aliphatic rings. The molecule has 1 amide bonds. The molecule has 0 bridgehead atoms. The summed E-state index contributed by atoms with van der Waals surface area (Å²) in [6, 6.07) is 6.34. The van der Waals surface area contributed by atoms with Crippen LogP contribution in [0.5, 0.6) is 5.75 Å². The molecule has 33 heavy (non-hydrogen) atoms. The molecule has 14 heteroatoms. The molecule has 0 spiro atoms. The van der Waals surface area contributed by atoms with Crippen LogP contribution in [0.4, 0.5) is 5.13 Å². The number of carbonyl (C=O) groups excluding carboxylic acids is 2. The average Bonchev–Trinajstić information content (AvgIpc) is 3.20. The number of sulfonamides is 1. The van der Waals surface area contributed by atoms with Crippen molar-refractivity contribution in [3.8, 4) is 5.75 Å². The number of amides is 1. The summed E-state index contributed by atoms with van der Waals surface area (Å²) < 4.78 is 36.3. The van der Waals surface area contributed by atoms with E-state index in [2.05, 4.69) is 15.5 Å². The minimum atomic E-state index is -3.63. The second kappa shape index (κ2) is 10.2. The summed E-state index contributed by atoms with van der Waals surface area (Å²) in [4.78, 5) is 35.7. The Kier molecular flexibility index (Phi) is 7.63. The highest BCUT2D eigenvalue weighted by Gasteiger charge is 2.19. The quantitative estimate of drug-likeness (QED) is 0.271. The summed E-state index contributed by atoms with van der Waals surface area (Å²) in [6.45, 7) is 1.36. The number of nitrogens with one attached hydrogen (secondary N) is 1. The second-order valence-electron chi connectivity index (χ2n) is 6.62. The van der Waals surface area contributed by atoms with Crippen molar-refractivity contribution in [2.75, 3.05) is 19.4 Å². The van der Waals surface area contributed by atoms with Crippen LogP contribution >= 0.6 is 23.1 Å². The van der Waals surface area contributed by atoms with Crippen LogP contribution in [0.2, 0.25) is 0 Å². The summed E-state index contributed by atoms with van der Waals surface area (Å²) in [7, 11) is -0.834. The van der Waals surface area contributed by atoms with Gasteiger partial charge in [-0.3, -0.25) is 9.59 Å². The zero-order valence-corrected chi connectivity index (χ0v) is 20.0. The molecule has 0 unspecified atom stereocenters. The lowest BCUT2D eigenvalue weighted by molar-refractivity contribution is -0.114. The van der Waals surface area contributed by atoms with E-state index in [1.54, 1.807) is 0 Å². The van der Waals surface area contributed by atoms with Crippen LogP contribution < -0.4 is 15.5 Å². The molecule has 11 nitrogen and oxygen atoms in total. The highest BCUT2D eigenvalue weighted by molar-refractivity contribution is 8.00. The Morgan fingerprint density at radius 1 is 1.21 bits per heavy atom. The molecule has 0 aliphatic heterocycles. The maximum atomic E-state index is 12.3. The van der Waals surface area contributed by atoms with Gasteiger partial charge in [-0.05, 0) is 24.3 Å². The van der Waals surface area contributed by atoms with E-state index in [0.29, 0.717) is 15.2 Å². The molecule has 3 aromatic rings. The highest BCUT2D eigenvalue weighted by Crippen LogP contribution is 2.28. The molecular weight excluding hydrogens is 492 g/mol. The normalized spacial score (nSPS) is 11.4. The Bertz CT molecular complexity index is 1330. The first-order valence-electron chi connectivity index (χ1n) is 9.16. The monoisotopic (exact) mass is 510 g/mol. The third-order valence-electron chi connectivity index (χ3n) is 3.95. The fraction of sp³-hybridized carbons (Fsp3) is 0.211. The third kappa shape index (κ3) is 6.25. The largest absolute Gasteiger partial charge is 0.464 e. The van der Waals surface area contributed by atoms with Gasteiger partial charge in [0, 0.05) is 27.1 Å². The van der Waals surface area contributed by atoms with E-state index in [1.807, 2.05) is 0 Å². The third-order valence-corrected chi connectivity index (χ3v) is 7.77. The zero-order valence-electron chi connectivity index (χ0n) is 17.6. The standard InChI is InChI=1S/C19H18N4O7S3/c1-11(24)20-18-21-22-19(32-18)31-10-13-8-15(25)16(9-29-13)30-17(26)12-4-6-14(7-5-12)33(27,28)23(2)3/h4-9H,10H2,1-3H3,(H,20,21,24). The number of anilines is 1. The molecule has 3 rings (SSSR count). The topological polar surface area (TPSA) is 149 Å². The number of benzene rings is 1. The van der Waals surface area contributed by atoms with Crippen molar-refractivity contribution < 1.29 is 27.2 Å². The number of esters is 1. The minimum absolute atomic E-state index is 0.0186. The second-order valence-corrected chi connectivity index (χ2v) is 11.0. The zero-order chi connectivity index (χ0) is 24.2. The van der Waals surface area contributed by atoms with Gasteiger partial charge in [-0.2, -0.15) is 0 Å². The predicted molar refractivity (Wildman–Crippen MR) is 121 cm³/mol. The summed E-state index contributed by atoms with van der Waals surface area (Å²) in [5, 5.41) is 10.6. The summed E-state index contributed by atoms with van der Waals surface area (Å²) in [5.74, 6) is -0.812. The molecule has 0 atom stereocenters. The Hall–Kier alpha value is -3.07. The fourth-order valence-electron chi connectivity index (χ4n) is 2.32. The van der Waals surface area contributed by atoms with Crippen LogP contribution in [-0.2, 0) is 20.6 Å². The van der Waals surface area contributed by atoms with Crippen molar-refractivity contribution in [3.05, 3.63) is 58.1 Å². The van der Waals surface area contributed by atoms with Crippen molar-refractivity contribution >= 4 is 50.1 Å². The van der Waals surface area contributed by atoms with Crippen molar-refractivity contribution in [2.24, 2.45) is 0 Å². The van der Waals surface area contributed by atoms with Gasteiger partial charge in [0.15, 0.2) is 4.34 Å². The van der Waals surface area contributed by atoms with Crippen LogP contribution in [-0.4, -0.2) is 48.9 Å². The molecule has 174 valence electrons. The predicted octanol–water partition coefficient (Wildman–Crippen LogP) is 2.21. The van der Waals surface area contributed by atoms with Crippen LogP contribution in [0.3, 0.4) is 0 Å². The Balaban J connectivity index is 1.63. The Labute approximate surface area is 196 Å². The van der Waals surface area contributed by atoms with Crippen LogP contribution in [0.25, 0.3) is 0 Å². The maximum absolute atomic E-state index is 12.3. The number of aromatic nitrogens is 2. The van der Waals surface area contributed by atoms with Crippen molar-refractivity contribution in [1.82, 2.24) is 14.5 Å². The van der Waals surface area contributed by atoms with E-state index in [1.165, 1.54) is 74.4 Å². The Morgan fingerprint density at radius 3 is 2.52 bits per heavy atom. The van der Waals surface area contributed by atoms with E-state index in [4.69, 9.17) is 9.15 Å². The van der Waals surface area contributed by atoms with Gasteiger partial charge >= 0.3 is 5.97 Å². The SMILES string of the molecule is CC(=O)Nc1nnc(SCc2cc(=O)c(OC(=O)c3ccc(S(=O)(=O)N(C)C)cc3)co2)s1. The fourth-order valence-corrected chi connectivity index (χ4v) is 4.91. The molecule has 0 radical (unpaired) electrons. The van der Waals surface area contributed by atoms with Crippen molar-refractivity contribution in [1.29, 1.82) is 0 Å². The van der Waals surface area contributed by atoms with Gasteiger partial charge in [-0.25, -0.2) is 17.5 Å². The van der Waals surface area contributed by atoms with Crippen LogP contribution in [0.1, 0.15) is 23.0 Å². The van der Waals surface area contributed by atoms with Gasteiger partial charge < -0.3 is 14.5 Å². The number of rotatable bonds is 8. The summed E-state index contributed by atoms with van der Waals surface area (Å²) in [6.07, 6.45) is 1.03.